The number of hydrogen-bond donors (Lipinski definition) is 3. The zero-order chi connectivity index (χ0) is 16.2. The van der Waals surface area contributed by atoms with Crippen molar-refractivity contribution in [3.05, 3.63) is 58.8 Å². The molecule has 3 rings (SSSR count). The molecule has 1 heterocycles. The molecule has 0 aliphatic heterocycles. The van der Waals surface area contributed by atoms with Crippen molar-refractivity contribution in [1.29, 1.82) is 0 Å². The van der Waals surface area contributed by atoms with E-state index in [1.54, 1.807) is 0 Å². The van der Waals surface area contributed by atoms with Gasteiger partial charge in [-0.15, -0.1) is 0 Å². The van der Waals surface area contributed by atoms with Crippen LogP contribution >= 0.6 is 0 Å². The number of fused-ring (bicyclic) bond motifs is 1. The summed E-state index contributed by atoms with van der Waals surface area (Å²) in [7, 11) is 0. The summed E-state index contributed by atoms with van der Waals surface area (Å²) in [6.45, 7) is 5.97. The van der Waals surface area contributed by atoms with Crippen LogP contribution in [-0.4, -0.2) is 16.7 Å². The average Bonchev–Trinajstić information content (AvgIpc) is 2.94. The summed E-state index contributed by atoms with van der Waals surface area (Å²) >= 11 is 0. The first kappa shape index (κ1) is 15.3. The van der Waals surface area contributed by atoms with Crippen molar-refractivity contribution < 1.29 is 0 Å². The maximum atomic E-state index is 6.01. The molecule has 2 aromatic carbocycles. The summed E-state index contributed by atoms with van der Waals surface area (Å²) in [5.74, 6) is 0. The van der Waals surface area contributed by atoms with Crippen LogP contribution in [0.3, 0.4) is 0 Å². The van der Waals surface area contributed by atoms with Gasteiger partial charge in [-0.3, -0.25) is 5.10 Å². The smallest absolute Gasteiger partial charge is 0.0928 e. The molecule has 3 aromatic rings. The fraction of sp³-hybridized carbons (Fsp3) is 0.211. The number of benzene rings is 2. The Labute approximate surface area is 136 Å². The number of aromatic nitrogens is 2. The third-order valence-corrected chi connectivity index (χ3v) is 3.94. The Morgan fingerprint density at radius 2 is 2.09 bits per heavy atom. The molecule has 4 nitrogen and oxygen atoms in total. The third-order valence-electron chi connectivity index (χ3n) is 3.94. The lowest BCUT2D eigenvalue weighted by Crippen LogP contribution is -2.11. The average molecular weight is 306 g/mol. The normalized spacial score (nSPS) is 11.6. The predicted molar refractivity (Wildman–Crippen MR) is 98.0 cm³/mol. The first-order chi connectivity index (χ1) is 11.2. The molecule has 0 aliphatic carbocycles. The molecule has 0 aliphatic rings. The van der Waals surface area contributed by atoms with Gasteiger partial charge in [0.1, 0.15) is 0 Å². The molecule has 0 bridgehead atoms. The van der Waals surface area contributed by atoms with E-state index < -0.39 is 0 Å². The first-order valence-corrected chi connectivity index (χ1v) is 7.89. The Morgan fingerprint density at radius 3 is 2.91 bits per heavy atom. The number of nitrogens with one attached hydrogen (secondary N) is 2. The predicted octanol–water partition coefficient (Wildman–Crippen LogP) is 3.73. The van der Waals surface area contributed by atoms with Crippen LogP contribution in [0.2, 0.25) is 0 Å². The number of H-pyrrole nitrogens is 1. The van der Waals surface area contributed by atoms with E-state index in [1.165, 1.54) is 5.56 Å². The monoisotopic (exact) mass is 306 g/mol. The number of nitrogens with two attached hydrogens (primary N) is 1. The van der Waals surface area contributed by atoms with Gasteiger partial charge in [0.25, 0.3) is 0 Å². The number of nitrogen functional groups attached to an aromatic ring is 1. The van der Waals surface area contributed by atoms with Crippen molar-refractivity contribution in [2.75, 3.05) is 12.3 Å². The Bertz CT molecular complexity index is 846. The molecule has 4 heteroatoms. The lowest BCUT2D eigenvalue weighted by molar-refractivity contribution is 0.727. The van der Waals surface area contributed by atoms with Crippen LogP contribution in [0.15, 0.2) is 36.4 Å². The Hall–Kier alpha value is -2.59. The van der Waals surface area contributed by atoms with Gasteiger partial charge in [-0.2, -0.15) is 5.10 Å². The van der Waals surface area contributed by atoms with E-state index in [1.807, 2.05) is 25.1 Å². The summed E-state index contributed by atoms with van der Waals surface area (Å²) in [6.07, 6.45) is 4.11. The van der Waals surface area contributed by atoms with Gasteiger partial charge in [-0.25, -0.2) is 0 Å². The zero-order valence-electron chi connectivity index (χ0n) is 13.6. The summed E-state index contributed by atoms with van der Waals surface area (Å²) in [4.78, 5) is 0. The van der Waals surface area contributed by atoms with Crippen molar-refractivity contribution in [2.45, 2.75) is 20.4 Å². The van der Waals surface area contributed by atoms with Gasteiger partial charge >= 0.3 is 0 Å². The first-order valence-electron chi connectivity index (χ1n) is 7.89. The minimum Gasteiger partial charge on any atom is -0.398 e. The number of aromatic amines is 1. The van der Waals surface area contributed by atoms with E-state index >= 15 is 0 Å². The minimum atomic E-state index is 0.793. The van der Waals surface area contributed by atoms with Gasteiger partial charge in [0.05, 0.1) is 11.2 Å². The second-order valence-corrected chi connectivity index (χ2v) is 5.72. The molecule has 4 N–H and O–H groups in total. The van der Waals surface area contributed by atoms with E-state index in [2.05, 4.69) is 52.8 Å². The molecule has 0 radical (unpaired) electrons. The fourth-order valence-electron chi connectivity index (χ4n) is 2.59. The Morgan fingerprint density at radius 1 is 1.22 bits per heavy atom. The number of aryl methyl sites for hydroxylation is 1. The topological polar surface area (TPSA) is 66.7 Å². The van der Waals surface area contributed by atoms with Gasteiger partial charge in [-0.1, -0.05) is 37.3 Å². The van der Waals surface area contributed by atoms with E-state index in [0.29, 0.717) is 0 Å². The van der Waals surface area contributed by atoms with Crippen LogP contribution in [-0.2, 0) is 6.54 Å². The number of rotatable bonds is 5. The quantitative estimate of drug-likeness (QED) is 0.629. The van der Waals surface area contributed by atoms with Crippen LogP contribution in [0, 0.1) is 6.92 Å². The number of anilines is 1. The molecule has 0 atom stereocenters. The lowest BCUT2D eigenvalue weighted by atomic mass is 10.1. The second kappa shape index (κ2) is 6.67. The largest absolute Gasteiger partial charge is 0.398 e. The van der Waals surface area contributed by atoms with Gasteiger partial charge in [0.15, 0.2) is 0 Å². The van der Waals surface area contributed by atoms with Crippen LogP contribution in [0.4, 0.5) is 5.69 Å². The van der Waals surface area contributed by atoms with Crippen LogP contribution < -0.4 is 11.1 Å². The van der Waals surface area contributed by atoms with Crippen LogP contribution in [0.1, 0.15) is 29.3 Å². The van der Waals surface area contributed by atoms with Crippen molar-refractivity contribution in [3.8, 4) is 0 Å². The van der Waals surface area contributed by atoms with Crippen molar-refractivity contribution >= 4 is 28.7 Å². The maximum Gasteiger partial charge on any atom is 0.0928 e. The van der Waals surface area contributed by atoms with E-state index in [9.17, 15) is 0 Å². The molecular formula is C19H22N4. The fourth-order valence-corrected chi connectivity index (χ4v) is 2.59. The van der Waals surface area contributed by atoms with Crippen molar-refractivity contribution in [1.82, 2.24) is 15.5 Å². The SMILES string of the molecule is CCNCc1cccc(/C=C/c2n[nH]c3cc(C)c(N)cc23)c1. The highest BCUT2D eigenvalue weighted by Gasteiger charge is 2.05. The molecule has 23 heavy (non-hydrogen) atoms. The molecule has 0 fully saturated rings. The molecule has 118 valence electrons. The highest BCUT2D eigenvalue weighted by Crippen LogP contribution is 2.23. The van der Waals surface area contributed by atoms with E-state index in [4.69, 9.17) is 5.73 Å². The maximum absolute atomic E-state index is 6.01. The highest BCUT2D eigenvalue weighted by atomic mass is 15.1. The molecule has 0 spiro atoms. The summed E-state index contributed by atoms with van der Waals surface area (Å²) in [5, 5.41) is 11.8. The summed E-state index contributed by atoms with van der Waals surface area (Å²) in [5.41, 5.74) is 12.2. The van der Waals surface area contributed by atoms with Gasteiger partial charge in [0.2, 0.25) is 0 Å². The Kier molecular flexibility index (Phi) is 4.44. The zero-order valence-corrected chi connectivity index (χ0v) is 13.6. The van der Waals surface area contributed by atoms with Crippen molar-refractivity contribution in [3.63, 3.8) is 0 Å². The summed E-state index contributed by atoms with van der Waals surface area (Å²) < 4.78 is 0. The van der Waals surface area contributed by atoms with Gasteiger partial charge in [-0.05, 0) is 48.4 Å². The van der Waals surface area contributed by atoms with Crippen LogP contribution in [0.5, 0.6) is 0 Å². The highest BCUT2D eigenvalue weighted by molar-refractivity contribution is 5.92. The minimum absolute atomic E-state index is 0.793. The van der Waals surface area contributed by atoms with Gasteiger partial charge < -0.3 is 11.1 Å². The molecule has 1 aromatic heterocycles. The number of hydrogen-bond acceptors (Lipinski definition) is 3. The summed E-state index contributed by atoms with van der Waals surface area (Å²) in [6, 6.07) is 12.5. The van der Waals surface area contributed by atoms with Gasteiger partial charge in [0, 0.05) is 17.6 Å². The van der Waals surface area contributed by atoms with E-state index in [0.717, 1.165) is 46.5 Å². The third kappa shape index (κ3) is 3.43. The standard InChI is InChI=1S/C19H22N4/c1-3-21-12-15-6-4-5-14(10-15)7-8-18-16-11-17(20)13(2)9-19(16)23-22-18/h4-11,21H,3,12,20H2,1-2H3,(H,22,23)/b8-7+. The van der Waals surface area contributed by atoms with Crippen LogP contribution in [0.25, 0.3) is 23.1 Å². The molecule has 0 amide bonds. The Balaban J connectivity index is 1.87. The van der Waals surface area contributed by atoms with Crippen molar-refractivity contribution in [2.24, 2.45) is 0 Å². The number of nitrogens with zero attached hydrogens (tertiary/aromatic N) is 1. The molecule has 0 saturated heterocycles. The second-order valence-electron chi connectivity index (χ2n) is 5.72. The van der Waals surface area contributed by atoms with E-state index in [-0.39, 0.29) is 0 Å². The lowest BCUT2D eigenvalue weighted by Gasteiger charge is -2.03. The molecule has 0 unspecified atom stereocenters. The molecular weight excluding hydrogens is 284 g/mol. The molecule has 0 saturated carbocycles.